The minimum Gasteiger partial charge on any atom is -0.483 e. The molecule has 138 valence electrons. The number of rotatable bonds is 7. The molecule has 0 atom stereocenters. The summed E-state index contributed by atoms with van der Waals surface area (Å²) in [6, 6.07) is 11.4. The second kappa shape index (κ2) is 9.38. The highest BCUT2D eigenvalue weighted by atomic mass is 79.9. The molecule has 0 bridgehead atoms. The van der Waals surface area contributed by atoms with Crippen LogP contribution in [0.2, 0.25) is 0 Å². The van der Waals surface area contributed by atoms with Gasteiger partial charge in [-0.05, 0) is 61.2 Å². The van der Waals surface area contributed by atoms with Gasteiger partial charge in [0.2, 0.25) is 5.91 Å². The van der Waals surface area contributed by atoms with Gasteiger partial charge in [0.15, 0.2) is 6.61 Å². The SMILES string of the molecule is CNC(=O)CCc1ccc(NC(=O)COc2c(C)cc(Br)cc2C)cc1. The molecule has 0 radical (unpaired) electrons. The molecule has 26 heavy (non-hydrogen) atoms. The molecule has 2 aromatic carbocycles. The van der Waals surface area contributed by atoms with Crippen LogP contribution in [0.4, 0.5) is 5.69 Å². The highest BCUT2D eigenvalue weighted by Gasteiger charge is 2.09. The summed E-state index contributed by atoms with van der Waals surface area (Å²) < 4.78 is 6.67. The minimum atomic E-state index is -0.218. The lowest BCUT2D eigenvalue weighted by Crippen LogP contribution is -2.20. The summed E-state index contributed by atoms with van der Waals surface area (Å²) in [5.74, 6) is 0.524. The predicted molar refractivity (Wildman–Crippen MR) is 107 cm³/mol. The van der Waals surface area contributed by atoms with Crippen molar-refractivity contribution in [2.75, 3.05) is 19.0 Å². The Labute approximate surface area is 162 Å². The van der Waals surface area contributed by atoms with Gasteiger partial charge in [-0.15, -0.1) is 0 Å². The third kappa shape index (κ3) is 5.88. The summed E-state index contributed by atoms with van der Waals surface area (Å²) in [6.45, 7) is 3.84. The van der Waals surface area contributed by atoms with Crippen LogP contribution < -0.4 is 15.4 Å². The van der Waals surface area contributed by atoms with E-state index in [9.17, 15) is 9.59 Å². The topological polar surface area (TPSA) is 67.4 Å². The molecule has 2 rings (SSSR count). The van der Waals surface area contributed by atoms with E-state index in [2.05, 4.69) is 26.6 Å². The van der Waals surface area contributed by atoms with Gasteiger partial charge in [0.1, 0.15) is 5.75 Å². The average molecular weight is 419 g/mol. The molecule has 0 saturated carbocycles. The normalized spacial score (nSPS) is 10.3. The molecule has 6 heteroatoms. The molecule has 0 heterocycles. The highest BCUT2D eigenvalue weighted by molar-refractivity contribution is 9.10. The monoisotopic (exact) mass is 418 g/mol. The van der Waals surface area contributed by atoms with Gasteiger partial charge in [-0.3, -0.25) is 9.59 Å². The fourth-order valence-corrected chi connectivity index (χ4v) is 3.28. The summed E-state index contributed by atoms with van der Waals surface area (Å²) in [4.78, 5) is 23.4. The number of ether oxygens (including phenoxy) is 1. The lowest BCUT2D eigenvalue weighted by atomic mass is 10.1. The Morgan fingerprint density at radius 2 is 1.65 bits per heavy atom. The minimum absolute atomic E-state index is 0.0121. The number of nitrogens with one attached hydrogen (secondary N) is 2. The fourth-order valence-electron chi connectivity index (χ4n) is 2.60. The first kappa shape index (κ1) is 20.0. The van der Waals surface area contributed by atoms with E-state index in [0.29, 0.717) is 18.5 Å². The van der Waals surface area contributed by atoms with Gasteiger partial charge >= 0.3 is 0 Å². The van der Waals surface area contributed by atoms with Crippen LogP contribution in [0.1, 0.15) is 23.1 Å². The van der Waals surface area contributed by atoms with Gasteiger partial charge in [0.25, 0.3) is 5.91 Å². The zero-order chi connectivity index (χ0) is 19.1. The van der Waals surface area contributed by atoms with E-state index >= 15 is 0 Å². The number of amides is 2. The van der Waals surface area contributed by atoms with Crippen LogP contribution in [-0.4, -0.2) is 25.5 Å². The Hall–Kier alpha value is -2.34. The van der Waals surface area contributed by atoms with E-state index in [0.717, 1.165) is 26.9 Å². The molecule has 2 aromatic rings. The highest BCUT2D eigenvalue weighted by Crippen LogP contribution is 2.27. The molecule has 2 amide bonds. The predicted octanol–water partition coefficient (Wildman–Crippen LogP) is 3.76. The first-order chi connectivity index (χ1) is 12.4. The summed E-state index contributed by atoms with van der Waals surface area (Å²) in [5.41, 5.74) is 3.70. The molecule has 0 fully saturated rings. The number of hydrogen-bond donors (Lipinski definition) is 2. The molecule has 0 saturated heterocycles. The maximum Gasteiger partial charge on any atom is 0.262 e. The quantitative estimate of drug-likeness (QED) is 0.718. The maximum atomic E-state index is 12.1. The van der Waals surface area contributed by atoms with Crippen LogP contribution in [0.3, 0.4) is 0 Å². The summed E-state index contributed by atoms with van der Waals surface area (Å²) >= 11 is 3.44. The van der Waals surface area contributed by atoms with Gasteiger partial charge in [0.05, 0.1) is 0 Å². The number of aryl methyl sites for hydroxylation is 3. The van der Waals surface area contributed by atoms with Crippen LogP contribution in [0.25, 0.3) is 0 Å². The standard InChI is InChI=1S/C20H23BrN2O3/c1-13-10-16(21)11-14(2)20(13)26-12-19(25)23-17-7-4-15(5-8-17)6-9-18(24)22-3/h4-5,7-8,10-11H,6,9,12H2,1-3H3,(H,22,24)(H,23,25). The second-order valence-corrected chi connectivity index (χ2v) is 6.99. The lowest BCUT2D eigenvalue weighted by molar-refractivity contribution is -0.120. The van der Waals surface area contributed by atoms with Crippen LogP contribution in [0.5, 0.6) is 5.75 Å². The molecular formula is C20H23BrN2O3. The first-order valence-electron chi connectivity index (χ1n) is 8.38. The summed E-state index contributed by atoms with van der Waals surface area (Å²) in [5, 5.41) is 5.41. The number of hydrogen-bond acceptors (Lipinski definition) is 3. The van der Waals surface area contributed by atoms with Gasteiger partial charge in [-0.1, -0.05) is 28.1 Å². The van der Waals surface area contributed by atoms with Crippen LogP contribution in [-0.2, 0) is 16.0 Å². The number of carbonyl (C=O) groups excluding carboxylic acids is 2. The third-order valence-electron chi connectivity index (χ3n) is 3.93. The van der Waals surface area contributed by atoms with Gasteiger partial charge in [0, 0.05) is 23.6 Å². The fraction of sp³-hybridized carbons (Fsp3) is 0.300. The molecule has 0 spiro atoms. The molecular weight excluding hydrogens is 396 g/mol. The number of anilines is 1. The third-order valence-corrected chi connectivity index (χ3v) is 4.39. The zero-order valence-corrected chi connectivity index (χ0v) is 16.8. The van der Waals surface area contributed by atoms with Gasteiger partial charge in [-0.2, -0.15) is 0 Å². The molecule has 0 aliphatic carbocycles. The van der Waals surface area contributed by atoms with Crippen molar-refractivity contribution in [3.8, 4) is 5.75 Å². The van der Waals surface area contributed by atoms with E-state index in [-0.39, 0.29) is 18.4 Å². The van der Waals surface area contributed by atoms with Gasteiger partial charge < -0.3 is 15.4 Å². The van der Waals surface area contributed by atoms with Crippen molar-refractivity contribution in [2.45, 2.75) is 26.7 Å². The molecule has 0 aromatic heterocycles. The van der Waals surface area contributed by atoms with Crippen molar-refractivity contribution in [2.24, 2.45) is 0 Å². The Bertz CT molecular complexity index is 765. The van der Waals surface area contributed by atoms with E-state index in [4.69, 9.17) is 4.74 Å². The average Bonchev–Trinajstić information content (AvgIpc) is 2.59. The maximum absolute atomic E-state index is 12.1. The second-order valence-electron chi connectivity index (χ2n) is 6.08. The largest absolute Gasteiger partial charge is 0.483 e. The smallest absolute Gasteiger partial charge is 0.262 e. The molecule has 0 aliphatic rings. The Morgan fingerprint density at radius 1 is 1.04 bits per heavy atom. The zero-order valence-electron chi connectivity index (χ0n) is 15.2. The van der Waals surface area contributed by atoms with Crippen LogP contribution in [0, 0.1) is 13.8 Å². The van der Waals surface area contributed by atoms with Gasteiger partial charge in [-0.25, -0.2) is 0 Å². The van der Waals surface area contributed by atoms with Crippen LogP contribution >= 0.6 is 15.9 Å². The summed E-state index contributed by atoms with van der Waals surface area (Å²) in [6.07, 6.45) is 1.11. The van der Waals surface area contributed by atoms with Crippen molar-refractivity contribution in [1.82, 2.24) is 5.32 Å². The van der Waals surface area contributed by atoms with E-state index in [1.165, 1.54) is 0 Å². The molecule has 2 N–H and O–H groups in total. The Kier molecular flexibility index (Phi) is 7.21. The Morgan fingerprint density at radius 3 is 2.23 bits per heavy atom. The Balaban J connectivity index is 1.87. The van der Waals surface area contributed by atoms with Crippen molar-refractivity contribution in [3.05, 3.63) is 57.6 Å². The number of benzene rings is 2. The molecule has 5 nitrogen and oxygen atoms in total. The number of carbonyl (C=O) groups is 2. The first-order valence-corrected chi connectivity index (χ1v) is 9.17. The van der Waals surface area contributed by atoms with Crippen molar-refractivity contribution in [3.63, 3.8) is 0 Å². The number of halogens is 1. The summed E-state index contributed by atoms with van der Waals surface area (Å²) in [7, 11) is 1.63. The van der Waals surface area contributed by atoms with Crippen molar-refractivity contribution < 1.29 is 14.3 Å². The lowest BCUT2D eigenvalue weighted by Gasteiger charge is -2.13. The van der Waals surface area contributed by atoms with E-state index in [1.54, 1.807) is 7.05 Å². The van der Waals surface area contributed by atoms with Crippen molar-refractivity contribution in [1.29, 1.82) is 0 Å². The molecule has 0 aliphatic heterocycles. The van der Waals surface area contributed by atoms with Crippen LogP contribution in [0.15, 0.2) is 40.9 Å². The van der Waals surface area contributed by atoms with Crippen molar-refractivity contribution >= 4 is 33.4 Å². The molecule has 0 unspecified atom stereocenters. The van der Waals surface area contributed by atoms with E-state index < -0.39 is 0 Å². The van der Waals surface area contributed by atoms with E-state index in [1.807, 2.05) is 50.2 Å².